The zero-order chi connectivity index (χ0) is 16.2. The van der Waals surface area contributed by atoms with Crippen molar-refractivity contribution in [2.45, 2.75) is 13.1 Å². The first-order valence-corrected chi connectivity index (χ1v) is 6.62. The van der Waals surface area contributed by atoms with Crippen LogP contribution in [0, 0.1) is 0 Å². The first-order valence-electron chi connectivity index (χ1n) is 6.62. The van der Waals surface area contributed by atoms with E-state index in [1.54, 1.807) is 37.3 Å². The maximum Gasteiger partial charge on any atom is 0.416 e. The van der Waals surface area contributed by atoms with Gasteiger partial charge in [-0.05, 0) is 37.3 Å². The van der Waals surface area contributed by atoms with Crippen LogP contribution in [0.1, 0.15) is 22.8 Å². The summed E-state index contributed by atoms with van der Waals surface area (Å²) in [7, 11) is 0. The van der Waals surface area contributed by atoms with Crippen LogP contribution in [0.3, 0.4) is 0 Å². The Labute approximate surface area is 125 Å². The molecule has 0 aliphatic carbocycles. The highest BCUT2D eigenvalue weighted by molar-refractivity contribution is 6.05. The van der Waals surface area contributed by atoms with Crippen molar-refractivity contribution in [3.8, 4) is 5.75 Å². The number of halogens is 3. The zero-order valence-corrected chi connectivity index (χ0v) is 11.8. The number of anilines is 1. The number of alkyl halides is 3. The molecule has 0 aliphatic rings. The summed E-state index contributed by atoms with van der Waals surface area (Å²) < 4.78 is 43.6. The van der Waals surface area contributed by atoms with Crippen LogP contribution >= 0.6 is 0 Å². The summed E-state index contributed by atoms with van der Waals surface area (Å²) in [5.74, 6) is -0.305. The lowest BCUT2D eigenvalue weighted by molar-refractivity contribution is -0.137. The molecule has 0 aliphatic heterocycles. The minimum absolute atomic E-state index is 0.00877. The van der Waals surface area contributed by atoms with Crippen LogP contribution in [0.2, 0.25) is 0 Å². The lowest BCUT2D eigenvalue weighted by Gasteiger charge is -2.14. The fourth-order valence-electron chi connectivity index (χ4n) is 1.87. The van der Waals surface area contributed by atoms with Crippen molar-refractivity contribution in [2.24, 2.45) is 0 Å². The molecule has 0 bridgehead atoms. The van der Waals surface area contributed by atoms with Gasteiger partial charge >= 0.3 is 6.18 Å². The van der Waals surface area contributed by atoms with Gasteiger partial charge in [0.05, 0.1) is 17.9 Å². The third-order valence-corrected chi connectivity index (χ3v) is 2.89. The lowest BCUT2D eigenvalue weighted by Crippen LogP contribution is -2.14. The van der Waals surface area contributed by atoms with E-state index >= 15 is 0 Å². The molecule has 6 heteroatoms. The van der Waals surface area contributed by atoms with Crippen molar-refractivity contribution in [1.82, 2.24) is 0 Å². The average molecular weight is 309 g/mol. The van der Waals surface area contributed by atoms with Gasteiger partial charge in [-0.2, -0.15) is 13.2 Å². The first kappa shape index (κ1) is 15.9. The number of ether oxygens (including phenoxy) is 1. The van der Waals surface area contributed by atoms with Gasteiger partial charge in [-0.25, -0.2) is 0 Å². The average Bonchev–Trinajstić information content (AvgIpc) is 2.49. The van der Waals surface area contributed by atoms with Crippen LogP contribution in [-0.2, 0) is 6.18 Å². The van der Waals surface area contributed by atoms with E-state index in [2.05, 4.69) is 5.32 Å². The van der Waals surface area contributed by atoms with E-state index in [0.717, 1.165) is 12.1 Å². The maximum absolute atomic E-state index is 12.8. The molecule has 0 spiro atoms. The molecule has 2 aromatic carbocycles. The quantitative estimate of drug-likeness (QED) is 0.911. The van der Waals surface area contributed by atoms with Gasteiger partial charge in [0.25, 0.3) is 5.91 Å². The highest BCUT2D eigenvalue weighted by Gasteiger charge is 2.31. The molecule has 0 radical (unpaired) electrons. The van der Waals surface area contributed by atoms with Gasteiger partial charge in [0.15, 0.2) is 0 Å². The van der Waals surface area contributed by atoms with E-state index in [1.807, 2.05) is 0 Å². The summed E-state index contributed by atoms with van der Waals surface area (Å²) in [5, 5.41) is 2.46. The molecule has 0 heterocycles. The fraction of sp³-hybridized carbons (Fsp3) is 0.188. The number of carbonyl (C=O) groups excluding carboxylic acids is 1. The summed E-state index contributed by atoms with van der Waals surface area (Å²) in [6.07, 6.45) is -4.49. The predicted molar refractivity (Wildman–Crippen MR) is 77.0 cm³/mol. The third-order valence-electron chi connectivity index (χ3n) is 2.89. The number of hydrogen-bond donors (Lipinski definition) is 1. The van der Waals surface area contributed by atoms with Gasteiger partial charge in [-0.3, -0.25) is 4.79 Å². The molecule has 1 N–H and O–H groups in total. The number of rotatable bonds is 4. The Morgan fingerprint density at radius 3 is 2.41 bits per heavy atom. The summed E-state index contributed by atoms with van der Waals surface area (Å²) in [6.45, 7) is 1.99. The van der Waals surface area contributed by atoms with Gasteiger partial charge in [-0.15, -0.1) is 0 Å². The van der Waals surface area contributed by atoms with Crippen LogP contribution in [0.25, 0.3) is 0 Å². The second kappa shape index (κ2) is 6.51. The lowest BCUT2D eigenvalue weighted by atomic mass is 10.1. The van der Waals surface area contributed by atoms with E-state index < -0.39 is 17.6 Å². The highest BCUT2D eigenvalue weighted by atomic mass is 19.4. The van der Waals surface area contributed by atoms with E-state index in [0.29, 0.717) is 5.56 Å². The van der Waals surface area contributed by atoms with Crippen LogP contribution in [0.15, 0.2) is 48.5 Å². The van der Waals surface area contributed by atoms with E-state index in [9.17, 15) is 18.0 Å². The molecule has 0 atom stereocenters. The summed E-state index contributed by atoms with van der Waals surface area (Å²) in [6, 6.07) is 11.2. The van der Waals surface area contributed by atoms with Crippen LogP contribution in [-0.4, -0.2) is 12.5 Å². The number of benzene rings is 2. The minimum atomic E-state index is -4.49. The Bertz CT molecular complexity index is 654. The molecule has 0 aromatic heterocycles. The molecular formula is C16H14F3NO2. The number of amides is 1. The Morgan fingerprint density at radius 1 is 1.14 bits per heavy atom. The molecule has 2 aromatic rings. The van der Waals surface area contributed by atoms with Crippen molar-refractivity contribution in [1.29, 1.82) is 0 Å². The van der Waals surface area contributed by atoms with E-state index in [4.69, 9.17) is 4.74 Å². The first-order chi connectivity index (χ1) is 10.4. The zero-order valence-electron chi connectivity index (χ0n) is 11.8. The molecular weight excluding hydrogens is 295 g/mol. The Balaban J connectivity index is 2.33. The van der Waals surface area contributed by atoms with Gasteiger partial charge in [0, 0.05) is 5.56 Å². The Hall–Kier alpha value is -2.50. The predicted octanol–water partition coefficient (Wildman–Crippen LogP) is 4.36. The minimum Gasteiger partial charge on any atom is -0.492 e. The number of hydrogen-bond acceptors (Lipinski definition) is 2. The standard InChI is InChI=1S/C16H14F3NO2/c1-2-22-14-9-8-12(16(17,18)19)10-13(14)20-15(21)11-6-4-3-5-7-11/h3-10H,2H2,1H3,(H,20,21). The van der Waals surface area contributed by atoms with Gasteiger partial charge in [-0.1, -0.05) is 18.2 Å². The smallest absolute Gasteiger partial charge is 0.416 e. The second-order valence-electron chi connectivity index (χ2n) is 4.46. The van der Waals surface area contributed by atoms with Gasteiger partial charge in [0.1, 0.15) is 5.75 Å². The van der Waals surface area contributed by atoms with Crippen molar-refractivity contribution in [2.75, 3.05) is 11.9 Å². The molecule has 3 nitrogen and oxygen atoms in total. The van der Waals surface area contributed by atoms with Gasteiger partial charge in [0.2, 0.25) is 0 Å². The van der Waals surface area contributed by atoms with E-state index in [-0.39, 0.29) is 18.0 Å². The number of nitrogens with one attached hydrogen (secondary N) is 1. The Morgan fingerprint density at radius 2 is 1.82 bits per heavy atom. The van der Waals surface area contributed by atoms with Gasteiger partial charge < -0.3 is 10.1 Å². The molecule has 116 valence electrons. The molecule has 22 heavy (non-hydrogen) atoms. The normalized spacial score (nSPS) is 11.1. The monoisotopic (exact) mass is 309 g/mol. The molecule has 2 rings (SSSR count). The summed E-state index contributed by atoms with van der Waals surface area (Å²) in [5.41, 5.74) is -0.507. The topological polar surface area (TPSA) is 38.3 Å². The van der Waals surface area contributed by atoms with E-state index in [1.165, 1.54) is 6.07 Å². The third kappa shape index (κ3) is 3.78. The Kier molecular flexibility index (Phi) is 4.70. The molecule has 0 fully saturated rings. The molecule has 0 saturated carbocycles. The van der Waals surface area contributed by atoms with Crippen LogP contribution < -0.4 is 10.1 Å². The summed E-state index contributed by atoms with van der Waals surface area (Å²) in [4.78, 5) is 12.1. The second-order valence-corrected chi connectivity index (χ2v) is 4.46. The van der Waals surface area contributed by atoms with Crippen molar-refractivity contribution in [3.05, 3.63) is 59.7 Å². The fourth-order valence-corrected chi connectivity index (χ4v) is 1.87. The highest BCUT2D eigenvalue weighted by Crippen LogP contribution is 2.35. The largest absolute Gasteiger partial charge is 0.492 e. The SMILES string of the molecule is CCOc1ccc(C(F)(F)F)cc1NC(=O)c1ccccc1. The van der Waals surface area contributed by atoms with Crippen molar-refractivity contribution < 1.29 is 22.7 Å². The van der Waals surface area contributed by atoms with Crippen LogP contribution in [0.4, 0.5) is 18.9 Å². The van der Waals surface area contributed by atoms with Crippen molar-refractivity contribution in [3.63, 3.8) is 0 Å². The van der Waals surface area contributed by atoms with Crippen LogP contribution in [0.5, 0.6) is 5.75 Å². The molecule has 0 saturated heterocycles. The van der Waals surface area contributed by atoms with Crippen molar-refractivity contribution >= 4 is 11.6 Å². The molecule has 0 unspecified atom stereocenters. The molecule has 1 amide bonds. The summed E-state index contributed by atoms with van der Waals surface area (Å²) >= 11 is 0. The maximum atomic E-state index is 12.8. The number of carbonyl (C=O) groups is 1.